The number of carbonyl (C=O) groups is 2. The quantitative estimate of drug-likeness (QED) is 0.792. The minimum Gasteiger partial charge on any atom is -0.353 e. The Morgan fingerprint density at radius 1 is 0.909 bits per heavy atom. The lowest BCUT2D eigenvalue weighted by Gasteiger charge is -2.31. The number of rotatable bonds is 5. The van der Waals surface area contributed by atoms with Crippen molar-refractivity contribution in [3.8, 4) is 0 Å². The van der Waals surface area contributed by atoms with E-state index < -0.39 is 0 Å². The van der Waals surface area contributed by atoms with E-state index in [1.165, 1.54) is 31.3 Å². The molecule has 4 fully saturated rings. The molecule has 0 radical (unpaired) electrons. The molecule has 1 heterocycles. The molecule has 1 aliphatic heterocycles. The lowest BCUT2D eigenvalue weighted by Crippen LogP contribution is -2.45. The summed E-state index contributed by atoms with van der Waals surface area (Å²) in [6.45, 7) is 1.42. The van der Waals surface area contributed by atoms with Gasteiger partial charge in [0.1, 0.15) is 0 Å². The zero-order chi connectivity index (χ0) is 15.1. The van der Waals surface area contributed by atoms with Crippen LogP contribution in [-0.2, 0) is 9.59 Å². The SMILES string of the molecule is O=C(NC1CC1)[C@@H]1CCCN(C(=O)C=C(C2CC2)C2CC2)C1. The third-order valence-corrected chi connectivity index (χ3v) is 5.42. The number of amides is 2. The Balaban J connectivity index is 1.37. The van der Waals surface area contributed by atoms with Crippen molar-refractivity contribution in [2.75, 3.05) is 13.1 Å². The first-order chi connectivity index (χ1) is 10.7. The Morgan fingerprint density at radius 3 is 2.18 bits per heavy atom. The predicted molar refractivity (Wildman–Crippen MR) is 84.0 cm³/mol. The van der Waals surface area contributed by atoms with Gasteiger partial charge in [0.05, 0.1) is 5.92 Å². The molecule has 4 aliphatic rings. The predicted octanol–water partition coefficient (Wildman–Crippen LogP) is 2.25. The van der Waals surface area contributed by atoms with Crippen molar-refractivity contribution in [3.63, 3.8) is 0 Å². The van der Waals surface area contributed by atoms with Gasteiger partial charge in [-0.2, -0.15) is 0 Å². The molecule has 4 nitrogen and oxygen atoms in total. The van der Waals surface area contributed by atoms with Gasteiger partial charge in [-0.25, -0.2) is 0 Å². The molecule has 1 saturated heterocycles. The summed E-state index contributed by atoms with van der Waals surface area (Å²) in [5, 5.41) is 3.09. The van der Waals surface area contributed by atoms with Crippen LogP contribution in [-0.4, -0.2) is 35.8 Å². The molecule has 3 saturated carbocycles. The van der Waals surface area contributed by atoms with Gasteiger partial charge in [0.25, 0.3) is 0 Å². The summed E-state index contributed by atoms with van der Waals surface area (Å²) >= 11 is 0. The summed E-state index contributed by atoms with van der Waals surface area (Å²) in [5.41, 5.74) is 1.41. The molecule has 1 atom stereocenters. The van der Waals surface area contributed by atoms with Gasteiger partial charge in [0, 0.05) is 25.2 Å². The number of allylic oxidation sites excluding steroid dienone is 1. The highest BCUT2D eigenvalue weighted by Crippen LogP contribution is 2.48. The van der Waals surface area contributed by atoms with Crippen LogP contribution < -0.4 is 5.32 Å². The molecule has 0 aromatic heterocycles. The number of carbonyl (C=O) groups excluding carboxylic acids is 2. The fourth-order valence-electron chi connectivity index (χ4n) is 3.57. The molecule has 0 unspecified atom stereocenters. The van der Waals surface area contributed by atoms with E-state index in [0.717, 1.165) is 32.2 Å². The van der Waals surface area contributed by atoms with E-state index in [-0.39, 0.29) is 17.7 Å². The minimum absolute atomic E-state index is 0.00278. The smallest absolute Gasteiger partial charge is 0.246 e. The van der Waals surface area contributed by atoms with Crippen molar-refractivity contribution in [3.05, 3.63) is 11.6 Å². The normalized spacial score (nSPS) is 28.2. The first kappa shape index (κ1) is 14.3. The molecular weight excluding hydrogens is 276 g/mol. The van der Waals surface area contributed by atoms with Crippen LogP contribution in [0.25, 0.3) is 0 Å². The third-order valence-electron chi connectivity index (χ3n) is 5.42. The maximum Gasteiger partial charge on any atom is 0.246 e. The van der Waals surface area contributed by atoms with Crippen LogP contribution in [0.15, 0.2) is 11.6 Å². The summed E-state index contributed by atoms with van der Waals surface area (Å²) in [7, 11) is 0. The average molecular weight is 302 g/mol. The van der Waals surface area contributed by atoms with Crippen LogP contribution in [0.1, 0.15) is 51.4 Å². The highest BCUT2D eigenvalue weighted by molar-refractivity contribution is 5.89. The second-order valence-electron chi connectivity index (χ2n) is 7.60. The highest BCUT2D eigenvalue weighted by atomic mass is 16.2. The standard InChI is InChI=1S/C18H26N2O2/c21-17(10-16(12-3-4-12)13-5-6-13)20-9-1-2-14(11-20)18(22)19-15-7-8-15/h10,12-15H,1-9,11H2,(H,19,22)/t14-/m1/s1. The van der Waals surface area contributed by atoms with Crippen molar-refractivity contribution < 1.29 is 9.59 Å². The van der Waals surface area contributed by atoms with E-state index in [1.807, 2.05) is 11.0 Å². The molecule has 4 heteroatoms. The van der Waals surface area contributed by atoms with E-state index in [0.29, 0.717) is 24.4 Å². The Kier molecular flexibility index (Phi) is 3.71. The lowest BCUT2D eigenvalue weighted by molar-refractivity contribution is -0.132. The van der Waals surface area contributed by atoms with E-state index in [4.69, 9.17) is 0 Å². The van der Waals surface area contributed by atoms with E-state index in [9.17, 15) is 9.59 Å². The van der Waals surface area contributed by atoms with Gasteiger partial charge in [-0.05, 0) is 63.2 Å². The van der Waals surface area contributed by atoms with E-state index in [1.54, 1.807) is 0 Å². The number of likely N-dealkylation sites (tertiary alicyclic amines) is 1. The van der Waals surface area contributed by atoms with E-state index in [2.05, 4.69) is 5.32 Å². The largest absolute Gasteiger partial charge is 0.353 e. The van der Waals surface area contributed by atoms with Crippen molar-refractivity contribution in [2.45, 2.75) is 57.4 Å². The van der Waals surface area contributed by atoms with Gasteiger partial charge in [0.2, 0.25) is 11.8 Å². The van der Waals surface area contributed by atoms with Crippen molar-refractivity contribution in [1.82, 2.24) is 10.2 Å². The van der Waals surface area contributed by atoms with Gasteiger partial charge in [-0.15, -0.1) is 0 Å². The molecule has 0 aromatic carbocycles. The van der Waals surface area contributed by atoms with Crippen molar-refractivity contribution in [1.29, 1.82) is 0 Å². The number of hydrogen-bond acceptors (Lipinski definition) is 2. The summed E-state index contributed by atoms with van der Waals surface area (Å²) in [4.78, 5) is 26.7. The van der Waals surface area contributed by atoms with Crippen LogP contribution in [0.4, 0.5) is 0 Å². The topological polar surface area (TPSA) is 49.4 Å². The molecule has 4 rings (SSSR count). The Hall–Kier alpha value is -1.32. The Bertz CT molecular complexity index is 487. The number of hydrogen-bond donors (Lipinski definition) is 1. The van der Waals surface area contributed by atoms with Crippen molar-refractivity contribution in [2.24, 2.45) is 17.8 Å². The first-order valence-corrected chi connectivity index (χ1v) is 9.01. The molecule has 0 bridgehead atoms. The second kappa shape index (κ2) is 5.71. The molecule has 0 spiro atoms. The second-order valence-corrected chi connectivity index (χ2v) is 7.60. The van der Waals surface area contributed by atoms with Crippen LogP contribution in [0.3, 0.4) is 0 Å². The number of nitrogens with one attached hydrogen (secondary N) is 1. The van der Waals surface area contributed by atoms with Crippen LogP contribution in [0.5, 0.6) is 0 Å². The Labute approximate surface area is 132 Å². The maximum absolute atomic E-state index is 12.6. The Morgan fingerprint density at radius 2 is 1.59 bits per heavy atom. The third kappa shape index (κ3) is 3.36. The monoisotopic (exact) mass is 302 g/mol. The zero-order valence-corrected chi connectivity index (χ0v) is 13.2. The van der Waals surface area contributed by atoms with Gasteiger partial charge in [-0.3, -0.25) is 9.59 Å². The fourth-order valence-corrected chi connectivity index (χ4v) is 3.57. The zero-order valence-electron chi connectivity index (χ0n) is 13.2. The fraction of sp³-hybridized carbons (Fsp3) is 0.778. The van der Waals surface area contributed by atoms with Crippen molar-refractivity contribution >= 4 is 11.8 Å². The van der Waals surface area contributed by atoms with E-state index >= 15 is 0 Å². The summed E-state index contributed by atoms with van der Waals surface area (Å²) in [6.07, 6.45) is 11.1. The molecule has 3 aliphatic carbocycles. The lowest BCUT2D eigenvalue weighted by atomic mass is 9.96. The number of nitrogens with zero attached hydrogens (tertiary/aromatic N) is 1. The molecule has 120 valence electrons. The summed E-state index contributed by atoms with van der Waals surface area (Å²) in [6, 6.07) is 0.412. The van der Waals surface area contributed by atoms with Crippen LogP contribution in [0.2, 0.25) is 0 Å². The molecule has 0 aromatic rings. The molecular formula is C18H26N2O2. The van der Waals surface area contributed by atoms with Gasteiger partial charge < -0.3 is 10.2 Å². The minimum atomic E-state index is -0.00278. The molecule has 22 heavy (non-hydrogen) atoms. The maximum atomic E-state index is 12.6. The molecule has 2 amide bonds. The first-order valence-electron chi connectivity index (χ1n) is 9.01. The van der Waals surface area contributed by atoms with Gasteiger partial charge >= 0.3 is 0 Å². The summed E-state index contributed by atoms with van der Waals surface area (Å²) < 4.78 is 0. The number of piperidine rings is 1. The van der Waals surface area contributed by atoms with Crippen LogP contribution >= 0.6 is 0 Å². The summed E-state index contributed by atoms with van der Waals surface area (Å²) in [5.74, 6) is 1.69. The van der Waals surface area contributed by atoms with Crippen LogP contribution in [0, 0.1) is 17.8 Å². The molecule has 1 N–H and O–H groups in total. The highest BCUT2D eigenvalue weighted by Gasteiger charge is 2.37. The average Bonchev–Trinajstić information content (AvgIpc) is 3.39. The van der Waals surface area contributed by atoms with Gasteiger partial charge in [0.15, 0.2) is 0 Å². The van der Waals surface area contributed by atoms with Gasteiger partial charge in [-0.1, -0.05) is 5.57 Å².